The fourth-order valence-corrected chi connectivity index (χ4v) is 3.70. The lowest BCUT2D eigenvalue weighted by atomic mass is 9.89. The van der Waals surface area contributed by atoms with Crippen molar-refractivity contribution in [3.8, 4) is 0 Å². The fourth-order valence-electron chi connectivity index (χ4n) is 3.70. The number of para-hydroxylation sites is 1. The number of nitrogens with zero attached hydrogens (tertiary/aromatic N) is 1. The Morgan fingerprint density at radius 1 is 1.19 bits per heavy atom. The number of esters is 1. The maximum Gasteiger partial charge on any atom is 0.337 e. The molecule has 0 saturated heterocycles. The molecule has 2 aliphatic rings. The minimum Gasteiger partial charge on any atom is -0.465 e. The summed E-state index contributed by atoms with van der Waals surface area (Å²) >= 11 is 0. The predicted molar refractivity (Wildman–Crippen MR) is 96.3 cm³/mol. The lowest BCUT2D eigenvalue weighted by Crippen LogP contribution is -2.37. The Labute approximate surface area is 150 Å². The van der Waals surface area contributed by atoms with Gasteiger partial charge >= 0.3 is 5.97 Å². The zero-order valence-electron chi connectivity index (χ0n) is 14.3. The van der Waals surface area contributed by atoms with E-state index in [1.165, 1.54) is 7.11 Å². The highest BCUT2D eigenvalue weighted by atomic mass is 16.5. The van der Waals surface area contributed by atoms with Crippen LogP contribution in [0.5, 0.6) is 0 Å². The second kappa shape index (κ2) is 6.29. The Balaban J connectivity index is 1.66. The lowest BCUT2D eigenvalue weighted by Gasteiger charge is -2.28. The Hall–Kier alpha value is -3.15. The average molecular weight is 350 g/mol. The molecule has 2 heterocycles. The van der Waals surface area contributed by atoms with Crippen molar-refractivity contribution in [2.75, 3.05) is 23.9 Å². The van der Waals surface area contributed by atoms with Gasteiger partial charge in [-0.05, 0) is 41.8 Å². The zero-order chi connectivity index (χ0) is 18.3. The molecule has 0 fully saturated rings. The monoisotopic (exact) mass is 350 g/mol. The van der Waals surface area contributed by atoms with Gasteiger partial charge in [0.25, 0.3) is 0 Å². The number of methoxy groups -OCH3 is 1. The number of carbonyl (C=O) groups is 3. The highest BCUT2D eigenvalue weighted by Crippen LogP contribution is 2.37. The normalized spacial score (nSPS) is 18.0. The molecule has 2 aromatic carbocycles. The smallest absolute Gasteiger partial charge is 0.337 e. The van der Waals surface area contributed by atoms with Crippen LogP contribution in [0.3, 0.4) is 0 Å². The lowest BCUT2D eigenvalue weighted by molar-refractivity contribution is -0.124. The summed E-state index contributed by atoms with van der Waals surface area (Å²) in [7, 11) is 1.34. The molecule has 0 spiro atoms. The van der Waals surface area contributed by atoms with Crippen LogP contribution in [0.2, 0.25) is 0 Å². The first-order chi connectivity index (χ1) is 12.6. The third kappa shape index (κ3) is 2.63. The molecule has 0 aliphatic carbocycles. The second-order valence-corrected chi connectivity index (χ2v) is 6.47. The van der Waals surface area contributed by atoms with Gasteiger partial charge in [-0.1, -0.05) is 18.2 Å². The Bertz CT molecular complexity index is 922. The second-order valence-electron chi connectivity index (χ2n) is 6.47. The summed E-state index contributed by atoms with van der Waals surface area (Å²) in [5, 5.41) is 2.82. The number of hydrogen-bond donors (Lipinski definition) is 1. The van der Waals surface area contributed by atoms with Gasteiger partial charge in [-0.25, -0.2) is 4.79 Å². The van der Waals surface area contributed by atoms with Crippen LogP contribution in [0.15, 0.2) is 42.5 Å². The van der Waals surface area contributed by atoms with Crippen LogP contribution in [0, 0.1) is 0 Å². The molecule has 26 heavy (non-hydrogen) atoms. The molecule has 6 nitrogen and oxygen atoms in total. The van der Waals surface area contributed by atoms with Crippen LogP contribution in [-0.2, 0) is 20.7 Å². The molecule has 4 rings (SSSR count). The molecule has 0 saturated carbocycles. The molecule has 2 aromatic rings. The van der Waals surface area contributed by atoms with E-state index < -0.39 is 11.9 Å². The van der Waals surface area contributed by atoms with E-state index in [0.29, 0.717) is 24.2 Å². The maximum atomic E-state index is 13.2. The van der Waals surface area contributed by atoms with Crippen molar-refractivity contribution in [3.05, 3.63) is 59.2 Å². The maximum absolute atomic E-state index is 13.2. The summed E-state index contributed by atoms with van der Waals surface area (Å²) in [6.07, 6.45) is 0.814. The molecular weight excluding hydrogens is 332 g/mol. The van der Waals surface area contributed by atoms with E-state index in [2.05, 4.69) is 5.32 Å². The van der Waals surface area contributed by atoms with E-state index in [9.17, 15) is 14.4 Å². The van der Waals surface area contributed by atoms with E-state index in [0.717, 1.165) is 16.8 Å². The van der Waals surface area contributed by atoms with E-state index >= 15 is 0 Å². The minimum absolute atomic E-state index is 0.0862. The number of nitrogens with one attached hydrogen (secondary N) is 1. The fraction of sp³-hybridized carbons (Fsp3) is 0.250. The number of fused-ring (bicyclic) bond motifs is 2. The van der Waals surface area contributed by atoms with Crippen molar-refractivity contribution >= 4 is 29.2 Å². The van der Waals surface area contributed by atoms with Crippen LogP contribution in [-0.4, -0.2) is 31.4 Å². The third-order valence-corrected chi connectivity index (χ3v) is 4.96. The minimum atomic E-state index is -0.494. The van der Waals surface area contributed by atoms with E-state index in [1.807, 2.05) is 24.3 Å². The number of anilines is 2. The zero-order valence-corrected chi connectivity index (χ0v) is 14.3. The SMILES string of the molecule is COC(=O)c1ccc2c(c1)CCN2C(=O)C1CC(=O)Nc2ccccc21. The summed E-state index contributed by atoms with van der Waals surface area (Å²) < 4.78 is 4.75. The van der Waals surface area contributed by atoms with Gasteiger partial charge in [0.15, 0.2) is 0 Å². The van der Waals surface area contributed by atoms with Gasteiger partial charge in [-0.3, -0.25) is 9.59 Å². The van der Waals surface area contributed by atoms with Crippen molar-refractivity contribution in [1.29, 1.82) is 0 Å². The van der Waals surface area contributed by atoms with Crippen LogP contribution >= 0.6 is 0 Å². The number of hydrogen-bond acceptors (Lipinski definition) is 4. The van der Waals surface area contributed by atoms with E-state index in [4.69, 9.17) is 4.74 Å². The number of benzene rings is 2. The highest BCUT2D eigenvalue weighted by Gasteiger charge is 2.36. The molecule has 2 amide bonds. The van der Waals surface area contributed by atoms with Gasteiger partial charge in [0.05, 0.1) is 18.6 Å². The van der Waals surface area contributed by atoms with Crippen molar-refractivity contribution < 1.29 is 19.1 Å². The first kappa shape index (κ1) is 16.3. The van der Waals surface area contributed by atoms with Crippen molar-refractivity contribution in [2.45, 2.75) is 18.8 Å². The molecule has 2 aliphatic heterocycles. The third-order valence-electron chi connectivity index (χ3n) is 4.96. The van der Waals surface area contributed by atoms with Crippen LogP contribution in [0.4, 0.5) is 11.4 Å². The molecule has 0 aromatic heterocycles. The van der Waals surface area contributed by atoms with E-state index in [1.54, 1.807) is 23.1 Å². The molecule has 0 bridgehead atoms. The average Bonchev–Trinajstić information content (AvgIpc) is 3.09. The van der Waals surface area contributed by atoms with Gasteiger partial charge in [0.1, 0.15) is 0 Å². The first-order valence-corrected chi connectivity index (χ1v) is 8.50. The Kier molecular flexibility index (Phi) is 3.95. The molecule has 1 atom stereocenters. The summed E-state index contributed by atoms with van der Waals surface area (Å²) in [5.74, 6) is -1.12. The van der Waals surface area contributed by atoms with Crippen LogP contribution in [0.1, 0.15) is 33.8 Å². The standard InChI is InChI=1S/C20H18N2O4/c1-26-20(25)13-6-7-17-12(10-13)8-9-22(17)19(24)15-11-18(23)21-16-5-3-2-4-14(15)16/h2-7,10,15H,8-9,11H2,1H3,(H,21,23). The molecule has 1 unspecified atom stereocenters. The van der Waals surface area contributed by atoms with Crippen molar-refractivity contribution in [2.24, 2.45) is 0 Å². The molecular formula is C20H18N2O4. The molecule has 0 radical (unpaired) electrons. The topological polar surface area (TPSA) is 75.7 Å². The molecule has 132 valence electrons. The van der Waals surface area contributed by atoms with Gasteiger partial charge in [0.2, 0.25) is 11.8 Å². The van der Waals surface area contributed by atoms with E-state index in [-0.39, 0.29) is 18.2 Å². The number of rotatable bonds is 2. The van der Waals surface area contributed by atoms with Crippen LogP contribution < -0.4 is 10.2 Å². The Morgan fingerprint density at radius 2 is 2.00 bits per heavy atom. The van der Waals surface area contributed by atoms with Gasteiger partial charge in [-0.15, -0.1) is 0 Å². The quantitative estimate of drug-likeness (QED) is 0.845. The number of carbonyl (C=O) groups excluding carboxylic acids is 3. The summed E-state index contributed by atoms with van der Waals surface area (Å²) in [6, 6.07) is 12.6. The Morgan fingerprint density at radius 3 is 2.81 bits per heavy atom. The van der Waals surface area contributed by atoms with Crippen molar-refractivity contribution in [1.82, 2.24) is 0 Å². The van der Waals surface area contributed by atoms with Gasteiger partial charge < -0.3 is 15.0 Å². The predicted octanol–water partition coefficient (Wildman–Crippen LogP) is 2.49. The molecule has 6 heteroatoms. The summed E-state index contributed by atoms with van der Waals surface area (Å²) in [6.45, 7) is 0.541. The largest absolute Gasteiger partial charge is 0.465 e. The molecule has 1 N–H and O–H groups in total. The summed E-state index contributed by atoms with van der Waals surface area (Å²) in [4.78, 5) is 38.6. The number of amides is 2. The van der Waals surface area contributed by atoms with Gasteiger partial charge in [0, 0.05) is 24.3 Å². The van der Waals surface area contributed by atoms with Gasteiger partial charge in [-0.2, -0.15) is 0 Å². The van der Waals surface area contributed by atoms with Crippen molar-refractivity contribution in [3.63, 3.8) is 0 Å². The summed E-state index contributed by atoms with van der Waals surface area (Å²) in [5.41, 5.74) is 3.75. The first-order valence-electron chi connectivity index (χ1n) is 8.50. The number of ether oxygens (including phenoxy) is 1. The highest BCUT2D eigenvalue weighted by molar-refractivity contribution is 6.07. The van der Waals surface area contributed by atoms with Crippen LogP contribution in [0.25, 0.3) is 0 Å².